The van der Waals surface area contributed by atoms with Crippen LogP contribution in [0.1, 0.15) is 16.7 Å². The van der Waals surface area contributed by atoms with Crippen molar-refractivity contribution in [3.05, 3.63) is 65.2 Å². The van der Waals surface area contributed by atoms with Gasteiger partial charge in [-0.05, 0) is 42.7 Å². The number of carboxylic acids is 1. The van der Waals surface area contributed by atoms with Gasteiger partial charge in [0.05, 0.1) is 0 Å². The molecule has 3 N–H and O–H groups in total. The van der Waals surface area contributed by atoms with E-state index in [1.54, 1.807) is 24.3 Å². The van der Waals surface area contributed by atoms with Gasteiger partial charge < -0.3 is 15.6 Å². The Hall–Kier alpha value is -2.33. The first-order chi connectivity index (χ1) is 9.91. The molecule has 2 aromatic carbocycles. The molecule has 4 heteroatoms. The second kappa shape index (κ2) is 5.97. The van der Waals surface area contributed by atoms with Crippen LogP contribution in [0.5, 0.6) is 5.75 Å². The zero-order chi connectivity index (χ0) is 15.5. The molecule has 0 amide bonds. The highest BCUT2D eigenvalue weighted by Crippen LogP contribution is 2.22. The highest BCUT2D eigenvalue weighted by Gasteiger charge is 2.37. The Bertz CT molecular complexity index is 619. The second-order valence-corrected chi connectivity index (χ2v) is 5.25. The van der Waals surface area contributed by atoms with E-state index in [1.807, 2.05) is 38.1 Å². The molecule has 0 saturated carbocycles. The third-order valence-corrected chi connectivity index (χ3v) is 3.33. The molecule has 0 aliphatic rings. The topological polar surface area (TPSA) is 72.5 Å². The maximum Gasteiger partial charge on any atom is 0.331 e. The molecular weight excluding hydrogens is 266 g/mol. The third-order valence-electron chi connectivity index (χ3n) is 3.33. The SMILES string of the molecule is Cc1cc(C)cc(OCC(N)(C(=O)O)c2ccccc2)c1. The van der Waals surface area contributed by atoms with Crippen molar-refractivity contribution >= 4 is 5.97 Å². The lowest BCUT2D eigenvalue weighted by atomic mass is 9.92. The fourth-order valence-corrected chi connectivity index (χ4v) is 2.22. The summed E-state index contributed by atoms with van der Waals surface area (Å²) >= 11 is 0. The molecule has 0 aromatic heterocycles. The number of carbonyl (C=O) groups is 1. The summed E-state index contributed by atoms with van der Waals surface area (Å²) in [6.45, 7) is 3.79. The Morgan fingerprint density at radius 2 is 1.71 bits per heavy atom. The molecule has 0 aliphatic heterocycles. The van der Waals surface area contributed by atoms with Crippen LogP contribution < -0.4 is 10.5 Å². The standard InChI is InChI=1S/C17H19NO3/c1-12-8-13(2)10-15(9-12)21-11-17(18,16(19)20)14-6-4-3-5-7-14/h3-10H,11,18H2,1-2H3,(H,19,20). The van der Waals surface area contributed by atoms with Crippen LogP contribution in [0.25, 0.3) is 0 Å². The van der Waals surface area contributed by atoms with Gasteiger partial charge in [-0.1, -0.05) is 36.4 Å². The van der Waals surface area contributed by atoms with E-state index < -0.39 is 11.5 Å². The molecule has 0 radical (unpaired) electrons. The maximum absolute atomic E-state index is 11.6. The number of hydrogen-bond acceptors (Lipinski definition) is 3. The van der Waals surface area contributed by atoms with Gasteiger partial charge in [-0.2, -0.15) is 0 Å². The Kier molecular flexibility index (Phi) is 4.29. The largest absolute Gasteiger partial charge is 0.491 e. The summed E-state index contributed by atoms with van der Waals surface area (Å²) in [6, 6.07) is 14.5. The first kappa shape index (κ1) is 15.1. The average Bonchev–Trinajstić information content (AvgIpc) is 2.44. The fraction of sp³-hybridized carbons (Fsp3) is 0.235. The smallest absolute Gasteiger partial charge is 0.331 e. The van der Waals surface area contributed by atoms with Crippen molar-refractivity contribution in [2.75, 3.05) is 6.61 Å². The molecule has 0 aliphatic carbocycles. The first-order valence-corrected chi connectivity index (χ1v) is 6.71. The van der Waals surface area contributed by atoms with Crippen molar-refractivity contribution in [2.45, 2.75) is 19.4 Å². The van der Waals surface area contributed by atoms with E-state index in [0.717, 1.165) is 11.1 Å². The monoisotopic (exact) mass is 285 g/mol. The van der Waals surface area contributed by atoms with Gasteiger partial charge >= 0.3 is 5.97 Å². The molecule has 21 heavy (non-hydrogen) atoms. The van der Waals surface area contributed by atoms with Crippen LogP contribution in [-0.4, -0.2) is 17.7 Å². The normalized spacial score (nSPS) is 13.5. The third kappa shape index (κ3) is 3.41. The van der Waals surface area contributed by atoms with Crippen LogP contribution >= 0.6 is 0 Å². The summed E-state index contributed by atoms with van der Waals surface area (Å²) in [5.74, 6) is -0.488. The minimum absolute atomic E-state index is 0.130. The molecule has 0 heterocycles. The van der Waals surface area contributed by atoms with Gasteiger partial charge in [-0.25, -0.2) is 4.79 Å². The van der Waals surface area contributed by atoms with Crippen molar-refractivity contribution in [3.63, 3.8) is 0 Å². The number of benzene rings is 2. The number of carboxylic acid groups (broad SMARTS) is 1. The van der Waals surface area contributed by atoms with E-state index in [2.05, 4.69) is 0 Å². The predicted molar refractivity (Wildman–Crippen MR) is 81.4 cm³/mol. The summed E-state index contributed by atoms with van der Waals surface area (Å²) < 4.78 is 5.64. The molecule has 1 unspecified atom stereocenters. The van der Waals surface area contributed by atoms with Crippen LogP contribution in [0.15, 0.2) is 48.5 Å². The van der Waals surface area contributed by atoms with Crippen molar-refractivity contribution in [1.82, 2.24) is 0 Å². The maximum atomic E-state index is 11.6. The average molecular weight is 285 g/mol. The number of hydrogen-bond donors (Lipinski definition) is 2. The molecule has 2 rings (SSSR count). The minimum Gasteiger partial charge on any atom is -0.491 e. The zero-order valence-electron chi connectivity index (χ0n) is 12.2. The molecule has 0 fully saturated rings. The highest BCUT2D eigenvalue weighted by atomic mass is 16.5. The summed E-state index contributed by atoms with van der Waals surface area (Å²) in [5, 5.41) is 9.47. The van der Waals surface area contributed by atoms with Crippen molar-refractivity contribution in [3.8, 4) is 5.75 Å². The van der Waals surface area contributed by atoms with E-state index in [-0.39, 0.29) is 6.61 Å². The first-order valence-electron chi connectivity index (χ1n) is 6.71. The number of aliphatic carboxylic acids is 1. The van der Waals surface area contributed by atoms with Gasteiger partial charge in [0.15, 0.2) is 5.54 Å². The van der Waals surface area contributed by atoms with Gasteiger partial charge in [0.1, 0.15) is 12.4 Å². The summed E-state index contributed by atoms with van der Waals surface area (Å²) in [4.78, 5) is 11.6. The van der Waals surface area contributed by atoms with Gasteiger partial charge in [0, 0.05) is 0 Å². The van der Waals surface area contributed by atoms with Gasteiger partial charge in [-0.15, -0.1) is 0 Å². The zero-order valence-corrected chi connectivity index (χ0v) is 12.2. The van der Waals surface area contributed by atoms with Crippen molar-refractivity contribution in [2.24, 2.45) is 5.73 Å². The summed E-state index contributed by atoms with van der Waals surface area (Å²) in [6.07, 6.45) is 0. The van der Waals surface area contributed by atoms with Crippen LogP contribution in [0.4, 0.5) is 0 Å². The van der Waals surface area contributed by atoms with E-state index in [1.165, 1.54) is 0 Å². The fourth-order valence-electron chi connectivity index (χ4n) is 2.22. The highest BCUT2D eigenvalue weighted by molar-refractivity contribution is 5.80. The quantitative estimate of drug-likeness (QED) is 0.885. The molecule has 2 aromatic rings. The Balaban J connectivity index is 2.23. The number of nitrogens with two attached hydrogens (primary N) is 1. The molecular formula is C17H19NO3. The van der Waals surface area contributed by atoms with E-state index in [4.69, 9.17) is 10.5 Å². The lowest BCUT2D eigenvalue weighted by Gasteiger charge is -2.25. The molecule has 1 atom stereocenters. The van der Waals surface area contributed by atoms with Gasteiger partial charge in [0.25, 0.3) is 0 Å². The van der Waals surface area contributed by atoms with Gasteiger partial charge in [-0.3, -0.25) is 0 Å². The predicted octanol–water partition coefficient (Wildman–Crippen LogP) is 2.62. The van der Waals surface area contributed by atoms with Crippen LogP contribution in [0.3, 0.4) is 0 Å². The minimum atomic E-state index is -1.57. The van der Waals surface area contributed by atoms with E-state index in [9.17, 15) is 9.90 Å². The lowest BCUT2D eigenvalue weighted by molar-refractivity contribution is -0.145. The molecule has 4 nitrogen and oxygen atoms in total. The Labute approximate surface area is 124 Å². The van der Waals surface area contributed by atoms with Crippen molar-refractivity contribution in [1.29, 1.82) is 0 Å². The van der Waals surface area contributed by atoms with E-state index >= 15 is 0 Å². The summed E-state index contributed by atoms with van der Waals surface area (Å²) in [5.41, 5.74) is 7.12. The lowest BCUT2D eigenvalue weighted by Crippen LogP contribution is -2.49. The second-order valence-electron chi connectivity index (χ2n) is 5.25. The van der Waals surface area contributed by atoms with Crippen molar-refractivity contribution < 1.29 is 14.6 Å². The van der Waals surface area contributed by atoms with Crippen LogP contribution in [-0.2, 0) is 10.3 Å². The molecule has 0 spiro atoms. The Morgan fingerprint density at radius 1 is 1.14 bits per heavy atom. The van der Waals surface area contributed by atoms with E-state index in [0.29, 0.717) is 11.3 Å². The molecule has 110 valence electrons. The Morgan fingerprint density at radius 3 is 2.24 bits per heavy atom. The van der Waals surface area contributed by atoms with Crippen LogP contribution in [0, 0.1) is 13.8 Å². The number of ether oxygens (including phenoxy) is 1. The molecule has 0 bridgehead atoms. The van der Waals surface area contributed by atoms with Gasteiger partial charge in [0.2, 0.25) is 0 Å². The van der Waals surface area contributed by atoms with Crippen LogP contribution in [0.2, 0.25) is 0 Å². The summed E-state index contributed by atoms with van der Waals surface area (Å²) in [7, 11) is 0. The number of aryl methyl sites for hydroxylation is 2. The number of rotatable bonds is 5. The molecule has 0 saturated heterocycles.